The summed E-state index contributed by atoms with van der Waals surface area (Å²) in [7, 11) is 1.65. The normalized spacial score (nSPS) is 14.7. The molecule has 0 aromatic heterocycles. The van der Waals surface area contributed by atoms with Gasteiger partial charge in [-0.05, 0) is 19.9 Å². The minimum atomic E-state index is -0.409. The number of ether oxygens (including phenoxy) is 1. The molecule has 20 heavy (non-hydrogen) atoms. The smallest absolute Gasteiger partial charge is 0.126 e. The van der Waals surface area contributed by atoms with Crippen LogP contribution in [0.5, 0.6) is 5.75 Å². The van der Waals surface area contributed by atoms with Crippen LogP contribution in [0.3, 0.4) is 0 Å². The molecule has 0 heterocycles. The number of aliphatic hydroxyl groups is 2. The van der Waals surface area contributed by atoms with E-state index in [1.807, 2.05) is 41.3 Å². The molecule has 0 saturated heterocycles. The summed E-state index contributed by atoms with van der Waals surface area (Å²) in [4.78, 5) is 2.02. The monoisotopic (exact) mass is 279 g/mol. The molecular weight excluding hydrogens is 254 g/mol. The van der Waals surface area contributed by atoms with Crippen molar-refractivity contribution in [1.29, 1.82) is 0 Å². The van der Waals surface area contributed by atoms with Crippen molar-refractivity contribution in [2.24, 2.45) is 0 Å². The Labute approximate surface area is 121 Å². The van der Waals surface area contributed by atoms with Gasteiger partial charge in [0.1, 0.15) is 5.75 Å². The van der Waals surface area contributed by atoms with Gasteiger partial charge >= 0.3 is 0 Å². The van der Waals surface area contributed by atoms with Crippen molar-refractivity contribution >= 4 is 6.08 Å². The molecular formula is C16H25NO3. The Morgan fingerprint density at radius 3 is 2.30 bits per heavy atom. The largest absolute Gasteiger partial charge is 0.496 e. The predicted octanol–water partition coefficient (Wildman–Crippen LogP) is 1.77. The molecule has 0 saturated carbocycles. The quantitative estimate of drug-likeness (QED) is 0.761. The highest BCUT2D eigenvalue weighted by molar-refractivity contribution is 5.57. The van der Waals surface area contributed by atoms with Crippen LogP contribution < -0.4 is 4.74 Å². The molecule has 0 aliphatic rings. The number of benzene rings is 1. The molecule has 2 unspecified atom stereocenters. The van der Waals surface area contributed by atoms with E-state index in [0.717, 1.165) is 11.3 Å². The van der Waals surface area contributed by atoms with Crippen LogP contribution in [-0.4, -0.2) is 54.1 Å². The summed E-state index contributed by atoms with van der Waals surface area (Å²) in [6.07, 6.45) is 3.19. The van der Waals surface area contributed by atoms with Crippen molar-refractivity contribution in [3.63, 3.8) is 0 Å². The van der Waals surface area contributed by atoms with Gasteiger partial charge in [-0.25, -0.2) is 0 Å². The van der Waals surface area contributed by atoms with E-state index < -0.39 is 12.2 Å². The van der Waals surface area contributed by atoms with Crippen LogP contribution in [0.15, 0.2) is 30.3 Å². The third-order valence-electron chi connectivity index (χ3n) is 2.84. The molecule has 1 rings (SSSR count). The lowest BCUT2D eigenvalue weighted by Crippen LogP contribution is -2.36. The SMILES string of the molecule is COc1ccccc1/C=C/CN(CC(C)O)CC(C)O. The van der Waals surface area contributed by atoms with Crippen LogP contribution in [0, 0.1) is 0 Å². The van der Waals surface area contributed by atoms with Gasteiger partial charge in [0.15, 0.2) is 0 Å². The fourth-order valence-electron chi connectivity index (χ4n) is 2.10. The molecule has 0 aliphatic carbocycles. The number of hydrogen-bond donors (Lipinski definition) is 2. The Kier molecular flexibility index (Phi) is 7.30. The zero-order valence-electron chi connectivity index (χ0n) is 12.5. The zero-order chi connectivity index (χ0) is 15.0. The average Bonchev–Trinajstić information content (AvgIpc) is 2.37. The van der Waals surface area contributed by atoms with E-state index in [1.54, 1.807) is 21.0 Å². The van der Waals surface area contributed by atoms with Crippen molar-refractivity contribution in [1.82, 2.24) is 4.90 Å². The highest BCUT2D eigenvalue weighted by Crippen LogP contribution is 2.18. The maximum absolute atomic E-state index is 9.47. The summed E-state index contributed by atoms with van der Waals surface area (Å²) in [5.74, 6) is 0.835. The minimum Gasteiger partial charge on any atom is -0.496 e. The van der Waals surface area contributed by atoms with Crippen LogP contribution in [0.4, 0.5) is 0 Å². The third-order valence-corrected chi connectivity index (χ3v) is 2.84. The lowest BCUT2D eigenvalue weighted by atomic mass is 10.2. The minimum absolute atomic E-state index is 0.409. The van der Waals surface area contributed by atoms with Crippen LogP contribution in [0.1, 0.15) is 19.4 Å². The van der Waals surface area contributed by atoms with E-state index in [0.29, 0.717) is 19.6 Å². The first-order chi connectivity index (χ1) is 9.52. The molecule has 112 valence electrons. The molecule has 0 aliphatic heterocycles. The number of nitrogens with zero attached hydrogens (tertiary/aromatic N) is 1. The van der Waals surface area contributed by atoms with Crippen molar-refractivity contribution in [2.75, 3.05) is 26.7 Å². The number of aliphatic hydroxyl groups excluding tert-OH is 2. The van der Waals surface area contributed by atoms with Crippen molar-refractivity contribution < 1.29 is 14.9 Å². The highest BCUT2D eigenvalue weighted by atomic mass is 16.5. The molecule has 4 heteroatoms. The second-order valence-electron chi connectivity index (χ2n) is 5.06. The zero-order valence-corrected chi connectivity index (χ0v) is 12.5. The van der Waals surface area contributed by atoms with E-state index in [4.69, 9.17) is 4.74 Å². The topological polar surface area (TPSA) is 52.9 Å². The molecule has 0 radical (unpaired) electrons. The fraction of sp³-hybridized carbons (Fsp3) is 0.500. The van der Waals surface area contributed by atoms with Gasteiger partial charge in [-0.1, -0.05) is 30.4 Å². The van der Waals surface area contributed by atoms with Crippen LogP contribution in [-0.2, 0) is 0 Å². The number of methoxy groups -OCH3 is 1. The number of hydrogen-bond acceptors (Lipinski definition) is 4. The molecule has 2 N–H and O–H groups in total. The number of para-hydroxylation sites is 1. The lowest BCUT2D eigenvalue weighted by Gasteiger charge is -2.23. The van der Waals surface area contributed by atoms with Crippen LogP contribution in [0.2, 0.25) is 0 Å². The van der Waals surface area contributed by atoms with Crippen LogP contribution in [0.25, 0.3) is 6.08 Å². The first-order valence-corrected chi connectivity index (χ1v) is 6.91. The molecule has 2 atom stereocenters. The summed E-state index contributed by atoms with van der Waals surface area (Å²) < 4.78 is 5.29. The lowest BCUT2D eigenvalue weighted by molar-refractivity contribution is 0.0907. The highest BCUT2D eigenvalue weighted by Gasteiger charge is 2.09. The maximum atomic E-state index is 9.47. The third kappa shape index (κ3) is 6.19. The summed E-state index contributed by atoms with van der Waals surface area (Å²) in [5.41, 5.74) is 1.02. The Morgan fingerprint density at radius 1 is 1.15 bits per heavy atom. The van der Waals surface area contributed by atoms with Gasteiger partial charge in [0.05, 0.1) is 19.3 Å². The standard InChI is InChI=1S/C16H25NO3/c1-13(18)11-17(12-14(2)19)10-6-8-15-7-4-5-9-16(15)20-3/h4-9,13-14,18-19H,10-12H2,1-3H3/b8-6+. The summed E-state index contributed by atoms with van der Waals surface area (Å²) in [6, 6.07) is 7.81. The summed E-state index contributed by atoms with van der Waals surface area (Å²) in [5, 5.41) is 18.9. The van der Waals surface area contributed by atoms with E-state index >= 15 is 0 Å². The summed E-state index contributed by atoms with van der Waals surface area (Å²) >= 11 is 0. The first-order valence-electron chi connectivity index (χ1n) is 6.91. The van der Waals surface area contributed by atoms with Gasteiger partial charge in [-0.2, -0.15) is 0 Å². The van der Waals surface area contributed by atoms with Crippen LogP contribution >= 0.6 is 0 Å². The van der Waals surface area contributed by atoms with E-state index in [9.17, 15) is 10.2 Å². The molecule has 0 fully saturated rings. The Morgan fingerprint density at radius 2 is 1.75 bits per heavy atom. The van der Waals surface area contributed by atoms with Crippen molar-refractivity contribution in [3.05, 3.63) is 35.9 Å². The van der Waals surface area contributed by atoms with Gasteiger partial charge in [-0.15, -0.1) is 0 Å². The van der Waals surface area contributed by atoms with E-state index in [-0.39, 0.29) is 0 Å². The van der Waals surface area contributed by atoms with Gasteiger partial charge in [0.2, 0.25) is 0 Å². The van der Waals surface area contributed by atoms with Gasteiger partial charge in [0, 0.05) is 25.2 Å². The molecule has 1 aromatic rings. The molecule has 1 aromatic carbocycles. The average molecular weight is 279 g/mol. The Balaban J connectivity index is 2.63. The molecule has 4 nitrogen and oxygen atoms in total. The van der Waals surface area contributed by atoms with E-state index in [1.165, 1.54) is 0 Å². The fourth-order valence-corrected chi connectivity index (χ4v) is 2.10. The maximum Gasteiger partial charge on any atom is 0.126 e. The van der Waals surface area contributed by atoms with Gasteiger partial charge < -0.3 is 14.9 Å². The predicted molar refractivity (Wildman–Crippen MR) is 81.8 cm³/mol. The number of rotatable bonds is 8. The molecule has 0 bridgehead atoms. The second kappa shape index (κ2) is 8.74. The first kappa shape index (κ1) is 16.7. The van der Waals surface area contributed by atoms with Gasteiger partial charge in [0.25, 0.3) is 0 Å². The van der Waals surface area contributed by atoms with Crippen molar-refractivity contribution in [2.45, 2.75) is 26.1 Å². The van der Waals surface area contributed by atoms with Gasteiger partial charge in [-0.3, -0.25) is 4.90 Å². The molecule has 0 amide bonds. The Hall–Kier alpha value is -1.36. The van der Waals surface area contributed by atoms with Crippen molar-refractivity contribution in [3.8, 4) is 5.75 Å². The summed E-state index contributed by atoms with van der Waals surface area (Å²) in [6.45, 7) is 5.26. The van der Waals surface area contributed by atoms with E-state index in [2.05, 4.69) is 0 Å². The second-order valence-corrected chi connectivity index (χ2v) is 5.06. The Bertz CT molecular complexity index is 406. The molecule has 0 spiro atoms.